The molecule has 8 nitrogen and oxygen atoms in total. The maximum Gasteiger partial charge on any atom is 0.490 e. The van der Waals surface area contributed by atoms with E-state index in [4.69, 9.17) is 15.2 Å². The fourth-order valence-electron chi connectivity index (χ4n) is 2.26. The molecular formula is C19H16F3N5O3. The number of carbonyl (C=O) groups is 2. The lowest BCUT2D eigenvalue weighted by Crippen LogP contribution is -2.21. The molecule has 2 aromatic heterocycles. The van der Waals surface area contributed by atoms with Gasteiger partial charge in [-0.2, -0.15) is 18.4 Å². The van der Waals surface area contributed by atoms with Gasteiger partial charge in [0.1, 0.15) is 11.8 Å². The summed E-state index contributed by atoms with van der Waals surface area (Å²) in [6.45, 7) is 3.98. The molecule has 3 N–H and O–H groups in total. The largest absolute Gasteiger partial charge is 0.490 e. The number of nitriles is 1. The van der Waals surface area contributed by atoms with Crippen LogP contribution in [-0.4, -0.2) is 37.7 Å². The zero-order valence-corrected chi connectivity index (χ0v) is 15.8. The lowest BCUT2D eigenvalue weighted by Gasteiger charge is -2.08. The average molecular weight is 419 g/mol. The summed E-state index contributed by atoms with van der Waals surface area (Å²) in [4.78, 5) is 28.0. The van der Waals surface area contributed by atoms with Gasteiger partial charge in [0, 0.05) is 23.3 Å². The van der Waals surface area contributed by atoms with Gasteiger partial charge in [-0.25, -0.2) is 9.78 Å². The number of H-pyrrole nitrogens is 1. The second-order valence-corrected chi connectivity index (χ2v) is 6.00. The van der Waals surface area contributed by atoms with Gasteiger partial charge in [-0.15, -0.1) is 0 Å². The Bertz CT molecular complexity index is 1090. The smallest absolute Gasteiger partial charge is 0.475 e. The highest BCUT2D eigenvalue weighted by Crippen LogP contribution is 2.17. The van der Waals surface area contributed by atoms with E-state index < -0.39 is 12.1 Å². The Kier molecular flexibility index (Phi) is 6.63. The summed E-state index contributed by atoms with van der Waals surface area (Å²) in [5.41, 5.74) is 4.52. The van der Waals surface area contributed by atoms with E-state index in [1.807, 2.05) is 48.7 Å². The van der Waals surface area contributed by atoms with Gasteiger partial charge < -0.3 is 20.0 Å². The van der Waals surface area contributed by atoms with Crippen molar-refractivity contribution in [1.82, 2.24) is 14.5 Å². The lowest BCUT2D eigenvalue weighted by molar-refractivity contribution is -0.192. The number of benzene rings is 1. The van der Waals surface area contributed by atoms with Crippen molar-refractivity contribution in [1.29, 1.82) is 5.26 Å². The molecule has 0 spiro atoms. The molecule has 156 valence electrons. The van der Waals surface area contributed by atoms with Crippen molar-refractivity contribution in [2.75, 3.05) is 5.32 Å². The molecule has 0 bridgehead atoms. The normalized spacial score (nSPS) is 10.5. The number of amides is 1. The van der Waals surface area contributed by atoms with Gasteiger partial charge in [-0.1, -0.05) is 0 Å². The molecule has 1 amide bonds. The van der Waals surface area contributed by atoms with Gasteiger partial charge in [0.05, 0.1) is 17.6 Å². The van der Waals surface area contributed by atoms with Gasteiger partial charge >= 0.3 is 12.1 Å². The van der Waals surface area contributed by atoms with E-state index >= 15 is 0 Å². The number of aromatic nitrogens is 3. The number of aromatic amines is 1. The number of nitrogens with zero attached hydrogens (tertiary/aromatic N) is 3. The molecule has 3 aromatic rings. The number of halogens is 3. The Morgan fingerprint density at radius 3 is 2.27 bits per heavy atom. The van der Waals surface area contributed by atoms with Crippen molar-refractivity contribution in [3.8, 4) is 11.8 Å². The number of alkyl halides is 3. The highest BCUT2D eigenvalue weighted by Gasteiger charge is 2.38. The topological polar surface area (TPSA) is 124 Å². The molecule has 0 atom stereocenters. The number of nitrogens with one attached hydrogen (secondary N) is 2. The zero-order chi connectivity index (χ0) is 22.5. The Hall–Kier alpha value is -4.07. The van der Waals surface area contributed by atoms with E-state index in [0.717, 1.165) is 17.1 Å². The van der Waals surface area contributed by atoms with Gasteiger partial charge in [-0.3, -0.25) is 4.79 Å². The molecule has 0 unspecified atom stereocenters. The fraction of sp³-hybridized carbons (Fsp3) is 0.158. The number of hydrogen-bond donors (Lipinski definition) is 3. The highest BCUT2D eigenvalue weighted by atomic mass is 19.4. The number of carbonyl (C=O) groups excluding carboxylic acids is 1. The Balaban J connectivity index is 0.000000396. The van der Waals surface area contributed by atoms with Crippen LogP contribution < -0.4 is 5.32 Å². The first-order valence-corrected chi connectivity index (χ1v) is 8.34. The standard InChI is InChI=1S/C17H15N5O.C2HF3O2/c1-11-12(2)22(10-20-11)16-5-3-14(4-6-16)21-17(23)13-7-15(8-18)19-9-13;3-2(4,5)1(6)7/h3-7,9-10,19H,1-2H3,(H,21,23);(H,6,7). The van der Waals surface area contributed by atoms with Crippen molar-refractivity contribution in [2.45, 2.75) is 20.0 Å². The predicted octanol–water partition coefficient (Wildman–Crippen LogP) is 3.57. The Morgan fingerprint density at radius 1 is 1.23 bits per heavy atom. The van der Waals surface area contributed by atoms with Crippen molar-refractivity contribution in [3.63, 3.8) is 0 Å². The molecular weight excluding hydrogens is 403 g/mol. The van der Waals surface area contributed by atoms with E-state index in [-0.39, 0.29) is 5.91 Å². The van der Waals surface area contributed by atoms with Crippen LogP contribution in [0, 0.1) is 25.2 Å². The third-order valence-corrected chi connectivity index (χ3v) is 3.96. The second kappa shape index (κ2) is 8.95. The molecule has 3 rings (SSSR count). The number of aryl methyl sites for hydroxylation is 1. The third kappa shape index (κ3) is 5.48. The number of hydrogen-bond acceptors (Lipinski definition) is 4. The minimum Gasteiger partial charge on any atom is -0.475 e. The molecule has 0 saturated heterocycles. The van der Waals surface area contributed by atoms with Crippen LogP contribution in [0.15, 0.2) is 42.9 Å². The number of anilines is 1. The van der Waals surface area contributed by atoms with Crippen LogP contribution in [-0.2, 0) is 4.79 Å². The lowest BCUT2D eigenvalue weighted by atomic mass is 10.2. The van der Waals surface area contributed by atoms with E-state index in [1.54, 1.807) is 6.33 Å². The summed E-state index contributed by atoms with van der Waals surface area (Å²) in [7, 11) is 0. The Labute approximate surface area is 168 Å². The molecule has 0 aliphatic rings. The number of imidazole rings is 1. The summed E-state index contributed by atoms with van der Waals surface area (Å²) in [5.74, 6) is -3.02. The van der Waals surface area contributed by atoms with E-state index in [2.05, 4.69) is 15.3 Å². The molecule has 2 heterocycles. The van der Waals surface area contributed by atoms with Crippen LogP contribution in [0.25, 0.3) is 5.69 Å². The molecule has 0 fully saturated rings. The summed E-state index contributed by atoms with van der Waals surface area (Å²) in [5, 5.41) is 18.7. The predicted molar refractivity (Wildman–Crippen MR) is 100 cm³/mol. The Morgan fingerprint density at radius 2 is 1.83 bits per heavy atom. The van der Waals surface area contributed by atoms with Crippen molar-refractivity contribution in [3.05, 3.63) is 65.5 Å². The summed E-state index contributed by atoms with van der Waals surface area (Å²) < 4.78 is 33.7. The SMILES string of the molecule is Cc1ncn(-c2ccc(NC(=O)c3c[nH]c(C#N)c3)cc2)c1C.O=C(O)C(F)(F)F. The number of aliphatic carboxylic acids is 1. The first kappa shape index (κ1) is 22.2. The maximum atomic E-state index is 12.1. The first-order valence-electron chi connectivity index (χ1n) is 8.34. The van der Waals surface area contributed by atoms with Crippen LogP contribution in [0.1, 0.15) is 27.4 Å². The summed E-state index contributed by atoms with van der Waals surface area (Å²) >= 11 is 0. The van der Waals surface area contributed by atoms with Crippen LogP contribution in [0.4, 0.5) is 18.9 Å². The number of rotatable bonds is 3. The van der Waals surface area contributed by atoms with Gasteiger partial charge in [0.2, 0.25) is 0 Å². The minimum atomic E-state index is -5.08. The van der Waals surface area contributed by atoms with Crippen molar-refractivity contribution >= 4 is 17.6 Å². The molecule has 11 heteroatoms. The van der Waals surface area contributed by atoms with Gasteiger partial charge in [0.25, 0.3) is 5.91 Å². The second-order valence-electron chi connectivity index (χ2n) is 6.00. The first-order chi connectivity index (χ1) is 14.0. The molecule has 0 aliphatic heterocycles. The van der Waals surface area contributed by atoms with Crippen LogP contribution in [0.3, 0.4) is 0 Å². The minimum absolute atomic E-state index is 0.259. The van der Waals surface area contributed by atoms with Gasteiger partial charge in [0.15, 0.2) is 0 Å². The molecule has 0 saturated carbocycles. The van der Waals surface area contributed by atoms with E-state index in [1.165, 1.54) is 12.3 Å². The molecule has 0 aliphatic carbocycles. The quantitative estimate of drug-likeness (QED) is 0.599. The fourth-order valence-corrected chi connectivity index (χ4v) is 2.26. The van der Waals surface area contributed by atoms with Crippen LogP contribution >= 0.6 is 0 Å². The monoisotopic (exact) mass is 419 g/mol. The average Bonchev–Trinajstić information content (AvgIpc) is 3.30. The summed E-state index contributed by atoms with van der Waals surface area (Å²) in [6.07, 6.45) is -1.79. The van der Waals surface area contributed by atoms with Gasteiger partial charge in [-0.05, 0) is 44.2 Å². The summed E-state index contributed by atoms with van der Waals surface area (Å²) in [6, 6.07) is 11.0. The van der Waals surface area contributed by atoms with Crippen LogP contribution in [0.5, 0.6) is 0 Å². The number of carboxylic acid groups (broad SMARTS) is 1. The molecule has 0 radical (unpaired) electrons. The van der Waals surface area contributed by atoms with Crippen molar-refractivity contribution < 1.29 is 27.9 Å². The molecule has 1 aromatic carbocycles. The third-order valence-electron chi connectivity index (χ3n) is 3.96. The number of carboxylic acids is 1. The van der Waals surface area contributed by atoms with Crippen LogP contribution in [0.2, 0.25) is 0 Å². The van der Waals surface area contributed by atoms with E-state index in [9.17, 15) is 18.0 Å². The van der Waals surface area contributed by atoms with Crippen molar-refractivity contribution in [2.24, 2.45) is 0 Å². The zero-order valence-electron chi connectivity index (χ0n) is 15.8. The maximum absolute atomic E-state index is 12.1. The molecule has 30 heavy (non-hydrogen) atoms. The highest BCUT2D eigenvalue weighted by molar-refractivity contribution is 6.04. The van der Waals surface area contributed by atoms with E-state index in [0.29, 0.717) is 16.9 Å².